The molecule has 5 rings (SSSR count). The van der Waals surface area contributed by atoms with E-state index in [0.717, 1.165) is 59.5 Å². The molecule has 2 heterocycles. The second kappa shape index (κ2) is 10.5. The van der Waals surface area contributed by atoms with Gasteiger partial charge in [0.2, 0.25) is 0 Å². The predicted octanol–water partition coefficient (Wildman–Crippen LogP) is 6.00. The number of hydrogen-bond donors (Lipinski definition) is 1. The SMILES string of the molecule is CC[C@@H]1CN(Cc2cc([C@H](c3ccc4c(nnn4C)c3C)C(C)(C)C(=O)O)ccc2C)Cc2ccccc2O1. The Morgan fingerprint density at radius 1 is 1.15 bits per heavy atom. The zero-order valence-corrected chi connectivity index (χ0v) is 23.7. The largest absolute Gasteiger partial charge is 0.489 e. The Hall–Kier alpha value is -3.71. The molecule has 2 atom stereocenters. The van der Waals surface area contributed by atoms with E-state index in [1.807, 2.05) is 46.0 Å². The number of carbonyl (C=O) groups is 1. The lowest BCUT2D eigenvalue weighted by molar-refractivity contribution is -0.147. The van der Waals surface area contributed by atoms with E-state index in [1.54, 1.807) is 4.68 Å². The van der Waals surface area contributed by atoms with E-state index < -0.39 is 11.4 Å². The van der Waals surface area contributed by atoms with Crippen LogP contribution in [0.25, 0.3) is 11.0 Å². The van der Waals surface area contributed by atoms with Crippen molar-refractivity contribution in [2.24, 2.45) is 12.5 Å². The third-order valence-corrected chi connectivity index (χ3v) is 8.34. The molecular formula is C32H38N4O3. The Balaban J connectivity index is 1.56. The molecule has 4 aromatic rings. The van der Waals surface area contributed by atoms with Crippen LogP contribution in [0.3, 0.4) is 0 Å². The molecule has 1 aliphatic heterocycles. The average molecular weight is 527 g/mol. The van der Waals surface area contributed by atoms with Gasteiger partial charge in [0.1, 0.15) is 17.4 Å². The Labute approximate surface area is 230 Å². The van der Waals surface area contributed by atoms with Gasteiger partial charge in [-0.2, -0.15) is 0 Å². The van der Waals surface area contributed by atoms with E-state index in [9.17, 15) is 9.90 Å². The van der Waals surface area contributed by atoms with E-state index in [-0.39, 0.29) is 12.0 Å². The smallest absolute Gasteiger partial charge is 0.310 e. The molecule has 204 valence electrons. The first-order valence-electron chi connectivity index (χ1n) is 13.7. The van der Waals surface area contributed by atoms with E-state index in [4.69, 9.17) is 4.74 Å². The van der Waals surface area contributed by atoms with Crippen molar-refractivity contribution in [3.8, 4) is 5.75 Å². The summed E-state index contributed by atoms with van der Waals surface area (Å²) in [5.74, 6) is -0.229. The maximum Gasteiger partial charge on any atom is 0.310 e. The van der Waals surface area contributed by atoms with Crippen molar-refractivity contribution < 1.29 is 14.6 Å². The van der Waals surface area contributed by atoms with Crippen LogP contribution in [0.15, 0.2) is 54.6 Å². The number of hydrogen-bond acceptors (Lipinski definition) is 5. The van der Waals surface area contributed by atoms with Crippen molar-refractivity contribution >= 4 is 17.0 Å². The minimum absolute atomic E-state index is 0.122. The highest BCUT2D eigenvalue weighted by Gasteiger charge is 2.40. The van der Waals surface area contributed by atoms with Crippen LogP contribution in [-0.4, -0.2) is 43.6 Å². The monoisotopic (exact) mass is 526 g/mol. The molecule has 0 saturated heterocycles. The summed E-state index contributed by atoms with van der Waals surface area (Å²) in [5, 5.41) is 18.9. The second-order valence-corrected chi connectivity index (χ2v) is 11.4. The number of nitrogens with zero attached hydrogens (tertiary/aromatic N) is 4. The van der Waals surface area contributed by atoms with Crippen LogP contribution < -0.4 is 4.74 Å². The van der Waals surface area contributed by atoms with Gasteiger partial charge >= 0.3 is 5.97 Å². The van der Waals surface area contributed by atoms with Gasteiger partial charge in [0, 0.05) is 38.2 Å². The molecular weight excluding hydrogens is 488 g/mol. The predicted molar refractivity (Wildman–Crippen MR) is 153 cm³/mol. The van der Waals surface area contributed by atoms with Crippen molar-refractivity contribution in [3.05, 3.63) is 88.0 Å². The second-order valence-electron chi connectivity index (χ2n) is 11.4. The normalized spacial score (nSPS) is 16.9. The van der Waals surface area contributed by atoms with Gasteiger partial charge in [0.25, 0.3) is 0 Å². The van der Waals surface area contributed by atoms with Gasteiger partial charge < -0.3 is 9.84 Å². The van der Waals surface area contributed by atoms with Gasteiger partial charge in [0.15, 0.2) is 0 Å². The number of rotatable bonds is 7. The van der Waals surface area contributed by atoms with Crippen LogP contribution in [-0.2, 0) is 24.9 Å². The Morgan fingerprint density at radius 3 is 2.67 bits per heavy atom. The van der Waals surface area contributed by atoms with Crippen molar-refractivity contribution in [2.75, 3.05) is 6.54 Å². The third-order valence-electron chi connectivity index (χ3n) is 8.34. The number of aromatic nitrogens is 3. The zero-order chi connectivity index (χ0) is 27.9. The van der Waals surface area contributed by atoms with E-state index in [1.165, 1.54) is 16.7 Å². The number of para-hydroxylation sites is 1. The highest BCUT2D eigenvalue weighted by Crippen LogP contribution is 2.44. The fraction of sp³-hybridized carbons (Fsp3) is 0.406. The molecule has 0 unspecified atom stereocenters. The van der Waals surface area contributed by atoms with Gasteiger partial charge in [0.05, 0.1) is 10.9 Å². The Morgan fingerprint density at radius 2 is 1.92 bits per heavy atom. The van der Waals surface area contributed by atoms with Crippen LogP contribution >= 0.6 is 0 Å². The van der Waals surface area contributed by atoms with Crippen LogP contribution in [0, 0.1) is 19.3 Å². The molecule has 0 spiro atoms. The molecule has 7 nitrogen and oxygen atoms in total. The fourth-order valence-electron chi connectivity index (χ4n) is 5.84. The van der Waals surface area contributed by atoms with Crippen LogP contribution in [0.1, 0.15) is 66.5 Å². The first-order valence-corrected chi connectivity index (χ1v) is 13.7. The van der Waals surface area contributed by atoms with Gasteiger partial charge in [-0.05, 0) is 74.1 Å². The first kappa shape index (κ1) is 26.9. The molecule has 1 aliphatic rings. The Bertz CT molecular complexity index is 1520. The molecule has 7 heteroatoms. The molecule has 0 fully saturated rings. The highest BCUT2D eigenvalue weighted by atomic mass is 16.5. The van der Waals surface area contributed by atoms with Crippen LogP contribution in [0.4, 0.5) is 0 Å². The summed E-state index contributed by atoms with van der Waals surface area (Å²) < 4.78 is 8.08. The van der Waals surface area contributed by atoms with Gasteiger partial charge in [-0.3, -0.25) is 9.69 Å². The summed E-state index contributed by atoms with van der Waals surface area (Å²) in [6, 6.07) is 18.8. The number of carboxylic acid groups (broad SMARTS) is 1. The molecule has 3 aromatic carbocycles. The Kier molecular flexibility index (Phi) is 7.21. The number of fused-ring (bicyclic) bond motifs is 2. The molecule has 0 aliphatic carbocycles. The molecule has 0 saturated carbocycles. The van der Waals surface area contributed by atoms with Crippen molar-refractivity contribution in [1.29, 1.82) is 0 Å². The standard InChI is InChI=1S/C32H38N4O3/c1-7-25-19-36(17-23-10-8-9-11-28(23)39-25)18-24-16-22(13-12-20(24)2)29(32(4,5)31(37)38)26-14-15-27-30(21(26)3)33-34-35(27)6/h8-16,25,29H,7,17-19H2,1-6H3,(H,37,38)/t25-,29-/m1/s1. The molecule has 0 radical (unpaired) electrons. The fourth-order valence-corrected chi connectivity index (χ4v) is 5.84. The summed E-state index contributed by atoms with van der Waals surface area (Å²) >= 11 is 0. The molecule has 0 bridgehead atoms. The highest BCUT2D eigenvalue weighted by molar-refractivity contribution is 5.81. The lowest BCUT2D eigenvalue weighted by Gasteiger charge is -2.33. The van der Waals surface area contributed by atoms with Crippen molar-refractivity contribution in [3.63, 3.8) is 0 Å². The quantitative estimate of drug-likeness (QED) is 0.318. The molecule has 1 N–H and O–H groups in total. The summed E-state index contributed by atoms with van der Waals surface area (Å²) in [7, 11) is 1.87. The number of carboxylic acids is 1. The maximum atomic E-state index is 12.6. The van der Waals surface area contributed by atoms with Crippen molar-refractivity contribution in [1.82, 2.24) is 19.9 Å². The lowest BCUT2D eigenvalue weighted by Crippen LogP contribution is -2.33. The van der Waals surface area contributed by atoms with Gasteiger partial charge in [-0.1, -0.05) is 54.6 Å². The topological polar surface area (TPSA) is 80.5 Å². The minimum atomic E-state index is -1.05. The summed E-state index contributed by atoms with van der Waals surface area (Å²) in [5.41, 5.74) is 7.21. The van der Waals surface area contributed by atoms with Gasteiger partial charge in [-0.15, -0.1) is 5.10 Å². The van der Waals surface area contributed by atoms with E-state index in [2.05, 4.69) is 65.5 Å². The van der Waals surface area contributed by atoms with E-state index >= 15 is 0 Å². The summed E-state index contributed by atoms with van der Waals surface area (Å²) in [6.45, 7) is 12.3. The summed E-state index contributed by atoms with van der Waals surface area (Å²) in [6.07, 6.45) is 1.06. The zero-order valence-electron chi connectivity index (χ0n) is 23.7. The third kappa shape index (κ3) is 5.03. The number of ether oxygens (including phenoxy) is 1. The van der Waals surface area contributed by atoms with E-state index in [0.29, 0.717) is 0 Å². The average Bonchev–Trinajstić information content (AvgIpc) is 3.18. The molecule has 39 heavy (non-hydrogen) atoms. The number of aryl methyl sites for hydroxylation is 3. The minimum Gasteiger partial charge on any atom is -0.489 e. The number of benzene rings is 3. The summed E-state index contributed by atoms with van der Waals surface area (Å²) in [4.78, 5) is 15.1. The van der Waals surface area contributed by atoms with Crippen LogP contribution in [0.2, 0.25) is 0 Å². The number of aliphatic carboxylic acids is 1. The maximum absolute atomic E-state index is 12.6. The molecule has 1 aromatic heterocycles. The van der Waals surface area contributed by atoms with Crippen LogP contribution in [0.5, 0.6) is 5.75 Å². The first-order chi connectivity index (χ1) is 18.6. The molecule has 0 amide bonds. The van der Waals surface area contributed by atoms with Crippen molar-refractivity contribution in [2.45, 2.75) is 66.2 Å². The lowest BCUT2D eigenvalue weighted by atomic mass is 9.69. The van der Waals surface area contributed by atoms with Gasteiger partial charge in [-0.25, -0.2) is 4.68 Å².